The molecule has 1 aromatic carbocycles. The molecule has 19 heavy (non-hydrogen) atoms. The van der Waals surface area contributed by atoms with Crippen molar-refractivity contribution in [1.82, 2.24) is 4.31 Å². The van der Waals surface area contributed by atoms with Crippen molar-refractivity contribution in [1.29, 1.82) is 0 Å². The highest BCUT2D eigenvalue weighted by molar-refractivity contribution is 7.89. The van der Waals surface area contributed by atoms with Gasteiger partial charge in [0.1, 0.15) is 16.5 Å². The third-order valence-electron chi connectivity index (χ3n) is 3.41. The number of hydrogen-bond acceptors (Lipinski definition) is 3. The van der Waals surface area contributed by atoms with Crippen LogP contribution >= 0.6 is 0 Å². The summed E-state index contributed by atoms with van der Waals surface area (Å²) in [6, 6.07) is 5.31. The Morgan fingerprint density at radius 1 is 1.37 bits per heavy atom. The number of halogens is 1. The molecule has 0 N–H and O–H groups in total. The number of carbonyl (C=O) groups excluding carboxylic acids is 1. The van der Waals surface area contributed by atoms with Crippen LogP contribution in [0.1, 0.15) is 19.8 Å². The van der Waals surface area contributed by atoms with Gasteiger partial charge in [0.2, 0.25) is 10.0 Å². The normalized spacial score (nSPS) is 21.3. The monoisotopic (exact) mass is 285 g/mol. The van der Waals surface area contributed by atoms with Crippen molar-refractivity contribution in [2.24, 2.45) is 5.92 Å². The van der Waals surface area contributed by atoms with Gasteiger partial charge in [-0.2, -0.15) is 4.31 Å². The molecular formula is C13H16FNO3S. The summed E-state index contributed by atoms with van der Waals surface area (Å²) >= 11 is 0. The van der Waals surface area contributed by atoms with E-state index in [1.54, 1.807) is 0 Å². The van der Waals surface area contributed by atoms with Gasteiger partial charge in [-0.3, -0.25) is 4.79 Å². The first-order chi connectivity index (χ1) is 8.93. The average Bonchev–Trinajstić information content (AvgIpc) is 2.39. The maximum Gasteiger partial charge on any atom is 0.246 e. The molecule has 1 unspecified atom stereocenters. The van der Waals surface area contributed by atoms with E-state index in [9.17, 15) is 17.6 Å². The Kier molecular flexibility index (Phi) is 4.01. The number of benzene rings is 1. The van der Waals surface area contributed by atoms with Crippen LogP contribution in [0.3, 0.4) is 0 Å². The van der Waals surface area contributed by atoms with Gasteiger partial charge in [-0.25, -0.2) is 12.8 Å². The summed E-state index contributed by atoms with van der Waals surface area (Å²) in [5.74, 6) is -1.06. The summed E-state index contributed by atoms with van der Waals surface area (Å²) in [5.41, 5.74) is 0. The molecule has 0 amide bonds. The lowest BCUT2D eigenvalue weighted by Gasteiger charge is -2.30. The van der Waals surface area contributed by atoms with E-state index in [1.807, 2.05) is 0 Å². The number of piperidine rings is 1. The first-order valence-corrected chi connectivity index (χ1v) is 7.62. The van der Waals surface area contributed by atoms with Crippen molar-refractivity contribution in [2.75, 3.05) is 13.1 Å². The Hall–Kier alpha value is -1.27. The van der Waals surface area contributed by atoms with Gasteiger partial charge in [-0.1, -0.05) is 12.1 Å². The second-order valence-corrected chi connectivity index (χ2v) is 6.65. The Labute approximate surface area is 112 Å². The lowest BCUT2D eigenvalue weighted by molar-refractivity contribution is -0.121. The van der Waals surface area contributed by atoms with E-state index in [0.717, 1.165) is 6.07 Å². The molecule has 0 bridgehead atoms. The first-order valence-electron chi connectivity index (χ1n) is 6.18. The number of Topliss-reactive ketones (excluding diaryl/α,β-unsaturated/α-hetero) is 1. The van der Waals surface area contributed by atoms with Crippen LogP contribution in [0.25, 0.3) is 0 Å². The number of nitrogens with zero attached hydrogens (tertiary/aromatic N) is 1. The number of rotatable bonds is 3. The standard InChI is InChI=1S/C13H16FNO3S/c1-10(16)11-5-4-8-15(9-11)19(17,18)13-7-3-2-6-12(13)14/h2-3,6-7,11H,4-5,8-9H2,1H3. The molecular weight excluding hydrogens is 269 g/mol. The summed E-state index contributed by atoms with van der Waals surface area (Å²) in [7, 11) is -3.85. The summed E-state index contributed by atoms with van der Waals surface area (Å²) in [6.07, 6.45) is 1.32. The van der Waals surface area contributed by atoms with E-state index < -0.39 is 15.8 Å². The fraction of sp³-hybridized carbons (Fsp3) is 0.462. The van der Waals surface area contributed by atoms with Crippen molar-refractivity contribution in [3.63, 3.8) is 0 Å². The van der Waals surface area contributed by atoms with Crippen LogP contribution in [0.5, 0.6) is 0 Å². The van der Waals surface area contributed by atoms with Crippen molar-refractivity contribution in [3.05, 3.63) is 30.1 Å². The SMILES string of the molecule is CC(=O)C1CCCN(S(=O)(=O)c2ccccc2F)C1. The highest BCUT2D eigenvalue weighted by Crippen LogP contribution is 2.25. The quantitative estimate of drug-likeness (QED) is 0.851. The van der Waals surface area contributed by atoms with Gasteiger partial charge in [0.25, 0.3) is 0 Å². The zero-order valence-electron chi connectivity index (χ0n) is 10.7. The van der Waals surface area contributed by atoms with E-state index in [2.05, 4.69) is 0 Å². The number of ketones is 1. The van der Waals surface area contributed by atoms with Gasteiger partial charge < -0.3 is 0 Å². The minimum absolute atomic E-state index is 0.0200. The van der Waals surface area contributed by atoms with Crippen LogP contribution in [-0.4, -0.2) is 31.6 Å². The molecule has 0 radical (unpaired) electrons. The topological polar surface area (TPSA) is 54.5 Å². The molecule has 0 spiro atoms. The zero-order chi connectivity index (χ0) is 14.0. The molecule has 1 aliphatic heterocycles. The molecule has 6 heteroatoms. The van der Waals surface area contributed by atoms with Crippen LogP contribution in [0.15, 0.2) is 29.2 Å². The van der Waals surface area contributed by atoms with Crippen molar-refractivity contribution in [2.45, 2.75) is 24.7 Å². The van der Waals surface area contributed by atoms with E-state index in [0.29, 0.717) is 19.4 Å². The van der Waals surface area contributed by atoms with Gasteiger partial charge in [-0.15, -0.1) is 0 Å². The molecule has 104 valence electrons. The lowest BCUT2D eigenvalue weighted by Crippen LogP contribution is -2.42. The van der Waals surface area contributed by atoms with Gasteiger partial charge >= 0.3 is 0 Å². The maximum atomic E-state index is 13.6. The third-order valence-corrected chi connectivity index (χ3v) is 5.31. The van der Waals surface area contributed by atoms with Crippen molar-refractivity contribution < 1.29 is 17.6 Å². The molecule has 1 heterocycles. The second kappa shape index (κ2) is 5.38. The molecule has 1 fully saturated rings. The maximum absolute atomic E-state index is 13.6. The number of hydrogen-bond donors (Lipinski definition) is 0. The minimum Gasteiger partial charge on any atom is -0.300 e. The van der Waals surface area contributed by atoms with Gasteiger partial charge in [-0.05, 0) is 31.9 Å². The van der Waals surface area contributed by atoms with Crippen LogP contribution in [-0.2, 0) is 14.8 Å². The highest BCUT2D eigenvalue weighted by Gasteiger charge is 2.33. The minimum atomic E-state index is -3.85. The summed E-state index contributed by atoms with van der Waals surface area (Å²) < 4.78 is 39.5. The molecule has 2 rings (SSSR count). The van der Waals surface area contributed by atoms with Gasteiger partial charge in [0.05, 0.1) is 0 Å². The fourth-order valence-electron chi connectivity index (χ4n) is 2.29. The fourth-order valence-corrected chi connectivity index (χ4v) is 3.87. The van der Waals surface area contributed by atoms with Crippen LogP contribution < -0.4 is 0 Å². The van der Waals surface area contributed by atoms with E-state index in [1.165, 1.54) is 29.4 Å². The van der Waals surface area contributed by atoms with E-state index >= 15 is 0 Å². The average molecular weight is 285 g/mol. The summed E-state index contributed by atoms with van der Waals surface area (Å²) in [5, 5.41) is 0. The second-order valence-electron chi connectivity index (χ2n) is 4.74. The predicted octanol–water partition coefficient (Wildman–Crippen LogP) is 1.82. The molecule has 1 atom stereocenters. The highest BCUT2D eigenvalue weighted by atomic mass is 32.2. The summed E-state index contributed by atoms with van der Waals surface area (Å²) in [4.78, 5) is 11.1. The Morgan fingerprint density at radius 2 is 2.05 bits per heavy atom. The Balaban J connectivity index is 2.30. The van der Waals surface area contributed by atoms with Crippen molar-refractivity contribution >= 4 is 15.8 Å². The third kappa shape index (κ3) is 2.84. The molecule has 0 aromatic heterocycles. The molecule has 1 aliphatic rings. The Morgan fingerprint density at radius 3 is 2.68 bits per heavy atom. The summed E-state index contributed by atoms with van der Waals surface area (Å²) in [6.45, 7) is 1.94. The zero-order valence-corrected chi connectivity index (χ0v) is 11.5. The molecule has 0 saturated carbocycles. The number of carbonyl (C=O) groups is 1. The van der Waals surface area contributed by atoms with E-state index in [-0.39, 0.29) is 23.1 Å². The van der Waals surface area contributed by atoms with Gasteiger partial charge in [0.15, 0.2) is 0 Å². The number of sulfonamides is 1. The smallest absolute Gasteiger partial charge is 0.246 e. The lowest BCUT2D eigenvalue weighted by atomic mass is 9.96. The molecule has 1 saturated heterocycles. The molecule has 4 nitrogen and oxygen atoms in total. The van der Waals surface area contributed by atoms with Crippen LogP contribution in [0.4, 0.5) is 4.39 Å². The van der Waals surface area contributed by atoms with Gasteiger partial charge in [0, 0.05) is 19.0 Å². The first kappa shape index (κ1) is 14.1. The predicted molar refractivity (Wildman–Crippen MR) is 68.6 cm³/mol. The Bertz CT molecular complexity index is 585. The molecule has 1 aromatic rings. The van der Waals surface area contributed by atoms with Crippen LogP contribution in [0, 0.1) is 11.7 Å². The molecule has 0 aliphatic carbocycles. The van der Waals surface area contributed by atoms with Crippen molar-refractivity contribution in [3.8, 4) is 0 Å². The van der Waals surface area contributed by atoms with E-state index in [4.69, 9.17) is 0 Å². The van der Waals surface area contributed by atoms with Crippen LogP contribution in [0.2, 0.25) is 0 Å². The largest absolute Gasteiger partial charge is 0.300 e.